The fraction of sp³-hybridized carbons (Fsp3) is 0.143. The van der Waals surface area contributed by atoms with Crippen molar-refractivity contribution in [2.24, 2.45) is 10.2 Å². The van der Waals surface area contributed by atoms with Gasteiger partial charge in [0.1, 0.15) is 5.75 Å². The Balaban J connectivity index is 1.55. The summed E-state index contributed by atoms with van der Waals surface area (Å²) in [5, 5.41) is 12.3. The lowest BCUT2D eigenvalue weighted by Crippen LogP contribution is -2.27. The number of anilines is 2. The number of hydrogen-bond donors (Lipinski definition) is 1. The Kier molecular flexibility index (Phi) is 5.35. The van der Waals surface area contributed by atoms with Crippen molar-refractivity contribution in [1.29, 1.82) is 0 Å². The molecule has 0 atom stereocenters. The van der Waals surface area contributed by atoms with Gasteiger partial charge in [-0.3, -0.25) is 10.2 Å². The maximum absolute atomic E-state index is 12.9. The summed E-state index contributed by atoms with van der Waals surface area (Å²) >= 11 is 1.36. The first-order chi connectivity index (χ1) is 14.2. The molecule has 7 nitrogen and oxygen atoms in total. The molecule has 0 unspecified atom stereocenters. The Morgan fingerprint density at radius 3 is 2.69 bits per heavy atom. The van der Waals surface area contributed by atoms with Crippen molar-refractivity contribution in [2.75, 3.05) is 17.0 Å². The Hall–Kier alpha value is -3.52. The van der Waals surface area contributed by atoms with Gasteiger partial charge in [-0.15, -0.1) is 11.3 Å². The van der Waals surface area contributed by atoms with Gasteiger partial charge in [-0.2, -0.15) is 15.2 Å². The van der Waals surface area contributed by atoms with Crippen molar-refractivity contribution >= 4 is 39.5 Å². The van der Waals surface area contributed by atoms with Crippen molar-refractivity contribution in [3.8, 4) is 17.0 Å². The summed E-state index contributed by atoms with van der Waals surface area (Å²) in [5.74, 6) is 0.349. The van der Waals surface area contributed by atoms with Crippen LogP contribution < -0.4 is 15.2 Å². The molecule has 0 saturated heterocycles. The van der Waals surface area contributed by atoms with Crippen molar-refractivity contribution in [1.82, 2.24) is 4.98 Å². The predicted molar refractivity (Wildman–Crippen MR) is 117 cm³/mol. The van der Waals surface area contributed by atoms with Crippen LogP contribution in [-0.4, -0.2) is 28.9 Å². The number of ether oxygens (including phenoxy) is 1. The van der Waals surface area contributed by atoms with E-state index in [1.165, 1.54) is 16.3 Å². The summed E-state index contributed by atoms with van der Waals surface area (Å²) in [5.41, 5.74) is 6.17. The number of hydrogen-bond acceptors (Lipinski definition) is 7. The molecule has 3 aromatic rings. The number of nitrogens with one attached hydrogen (secondary N) is 1. The fourth-order valence-corrected chi connectivity index (χ4v) is 3.60. The van der Waals surface area contributed by atoms with Crippen LogP contribution in [0, 0.1) is 0 Å². The third-order valence-corrected chi connectivity index (χ3v) is 5.02. The van der Waals surface area contributed by atoms with Crippen molar-refractivity contribution in [2.45, 2.75) is 13.8 Å². The van der Waals surface area contributed by atoms with E-state index in [0.717, 1.165) is 11.3 Å². The highest BCUT2D eigenvalue weighted by molar-refractivity contribution is 7.14. The number of carbonyl (C=O) groups excluding carboxylic acids is 1. The SMILES string of the molecule is CCOc1ccccc1N/N=C1\C(=O)N(c2nc(-c3ccccc3)cs2)N=C1C. The Bertz CT molecular complexity index is 1090. The summed E-state index contributed by atoms with van der Waals surface area (Å²) in [6.45, 7) is 4.20. The summed E-state index contributed by atoms with van der Waals surface area (Å²) in [6.07, 6.45) is 0. The first-order valence-corrected chi connectivity index (χ1v) is 10.0. The van der Waals surface area contributed by atoms with Crippen LogP contribution >= 0.6 is 11.3 Å². The van der Waals surface area contributed by atoms with Gasteiger partial charge in [0.25, 0.3) is 0 Å². The number of aromatic nitrogens is 1. The minimum absolute atomic E-state index is 0.243. The topological polar surface area (TPSA) is 79.2 Å². The number of para-hydroxylation sites is 2. The van der Waals surface area contributed by atoms with Crippen LogP contribution in [0.2, 0.25) is 0 Å². The second-order valence-corrected chi connectivity index (χ2v) is 7.02. The van der Waals surface area contributed by atoms with Crippen molar-refractivity contribution in [3.05, 3.63) is 60.0 Å². The third-order valence-electron chi connectivity index (χ3n) is 4.21. The lowest BCUT2D eigenvalue weighted by molar-refractivity contribution is -0.112. The molecule has 4 rings (SSSR count). The number of hydrazone groups is 2. The van der Waals surface area contributed by atoms with Crippen molar-refractivity contribution in [3.63, 3.8) is 0 Å². The Morgan fingerprint density at radius 2 is 1.90 bits per heavy atom. The van der Waals surface area contributed by atoms with Gasteiger partial charge in [0.05, 0.1) is 23.7 Å². The molecule has 0 bridgehead atoms. The van der Waals surface area contributed by atoms with E-state index in [0.29, 0.717) is 28.9 Å². The lowest BCUT2D eigenvalue weighted by atomic mass is 10.2. The second kappa shape index (κ2) is 8.24. The number of carbonyl (C=O) groups is 1. The number of thiazole rings is 1. The summed E-state index contributed by atoms with van der Waals surface area (Å²) in [4.78, 5) is 17.4. The van der Waals surface area contributed by atoms with Crippen LogP contribution in [-0.2, 0) is 4.79 Å². The van der Waals surface area contributed by atoms with E-state index in [-0.39, 0.29) is 11.6 Å². The quantitative estimate of drug-likeness (QED) is 0.617. The molecule has 0 fully saturated rings. The van der Waals surface area contributed by atoms with E-state index in [1.54, 1.807) is 6.92 Å². The minimum atomic E-state index is -0.321. The lowest BCUT2D eigenvalue weighted by Gasteiger charge is -2.09. The maximum atomic E-state index is 12.9. The predicted octanol–water partition coefficient (Wildman–Crippen LogP) is 4.40. The zero-order valence-corrected chi connectivity index (χ0v) is 16.8. The first-order valence-electron chi connectivity index (χ1n) is 9.14. The van der Waals surface area contributed by atoms with E-state index < -0.39 is 0 Å². The molecule has 0 radical (unpaired) electrons. The monoisotopic (exact) mass is 405 g/mol. The molecule has 1 aromatic heterocycles. The van der Waals surface area contributed by atoms with Gasteiger partial charge in [0.2, 0.25) is 5.13 Å². The molecule has 1 N–H and O–H groups in total. The van der Waals surface area contributed by atoms with Gasteiger partial charge in [-0.05, 0) is 26.0 Å². The average Bonchev–Trinajstić information content (AvgIpc) is 3.33. The number of benzene rings is 2. The smallest absolute Gasteiger partial charge is 0.303 e. The number of rotatable bonds is 6. The van der Waals surface area contributed by atoms with Crippen LogP contribution in [0.4, 0.5) is 10.8 Å². The molecule has 2 heterocycles. The standard InChI is InChI=1S/C21H19N5O2S/c1-3-28-18-12-8-7-11-16(18)23-24-19-14(2)25-26(20(19)27)21-22-17(13-29-21)15-9-5-4-6-10-15/h4-13,23H,3H2,1-2H3/b24-19-. The van der Waals surface area contributed by atoms with Crippen LogP contribution in [0.3, 0.4) is 0 Å². The van der Waals surface area contributed by atoms with Crippen LogP contribution in [0.5, 0.6) is 5.75 Å². The summed E-state index contributed by atoms with van der Waals surface area (Å²) in [7, 11) is 0. The molecule has 2 aromatic carbocycles. The molecular weight excluding hydrogens is 386 g/mol. The summed E-state index contributed by atoms with van der Waals surface area (Å²) in [6, 6.07) is 17.2. The van der Waals surface area contributed by atoms with E-state index >= 15 is 0 Å². The third kappa shape index (κ3) is 3.88. The first kappa shape index (κ1) is 18.8. The number of nitrogens with zero attached hydrogens (tertiary/aromatic N) is 4. The molecule has 1 amide bonds. The summed E-state index contributed by atoms with van der Waals surface area (Å²) < 4.78 is 5.58. The minimum Gasteiger partial charge on any atom is -0.492 e. The van der Waals surface area contributed by atoms with E-state index in [2.05, 4.69) is 20.6 Å². The Labute approximate surface area is 172 Å². The molecule has 0 spiro atoms. The zero-order chi connectivity index (χ0) is 20.2. The van der Waals surface area contributed by atoms with Gasteiger partial charge in [-0.25, -0.2) is 4.98 Å². The normalized spacial score (nSPS) is 15.0. The van der Waals surface area contributed by atoms with E-state index in [1.807, 2.05) is 66.9 Å². The van der Waals surface area contributed by atoms with Crippen LogP contribution in [0.15, 0.2) is 70.2 Å². The fourth-order valence-electron chi connectivity index (χ4n) is 2.82. The van der Waals surface area contributed by atoms with Gasteiger partial charge < -0.3 is 4.74 Å². The highest BCUT2D eigenvalue weighted by Gasteiger charge is 2.32. The zero-order valence-electron chi connectivity index (χ0n) is 16.0. The molecule has 146 valence electrons. The molecule has 0 aliphatic carbocycles. The largest absolute Gasteiger partial charge is 0.492 e. The van der Waals surface area contributed by atoms with Gasteiger partial charge in [-0.1, -0.05) is 42.5 Å². The highest BCUT2D eigenvalue weighted by Crippen LogP contribution is 2.29. The highest BCUT2D eigenvalue weighted by atomic mass is 32.1. The van der Waals surface area contributed by atoms with Gasteiger partial charge in [0, 0.05) is 10.9 Å². The van der Waals surface area contributed by atoms with Gasteiger partial charge >= 0.3 is 5.91 Å². The van der Waals surface area contributed by atoms with Crippen LogP contribution in [0.25, 0.3) is 11.3 Å². The van der Waals surface area contributed by atoms with Gasteiger partial charge in [0.15, 0.2) is 5.71 Å². The molecular formula is C21H19N5O2S. The average molecular weight is 405 g/mol. The molecule has 29 heavy (non-hydrogen) atoms. The maximum Gasteiger partial charge on any atom is 0.303 e. The molecule has 0 saturated carbocycles. The molecule has 1 aliphatic rings. The molecule has 1 aliphatic heterocycles. The number of amides is 1. The van der Waals surface area contributed by atoms with E-state index in [9.17, 15) is 4.79 Å². The van der Waals surface area contributed by atoms with E-state index in [4.69, 9.17) is 4.74 Å². The molecule has 8 heteroatoms. The van der Waals surface area contributed by atoms with Crippen molar-refractivity contribution < 1.29 is 9.53 Å². The van der Waals surface area contributed by atoms with Crippen LogP contribution in [0.1, 0.15) is 13.8 Å². The second-order valence-electron chi connectivity index (χ2n) is 6.19. The Morgan fingerprint density at radius 1 is 1.14 bits per heavy atom.